The number of unbranched alkanes of at least 4 members (excludes halogenated alkanes) is 5. The van der Waals surface area contributed by atoms with Crippen LogP contribution >= 0.6 is 0 Å². The SMILES string of the molecule is C[Si](C)(C)O[Si](C)(C)O[Si](C)(CCCOCCOCCCCCCCC=[OH+])O[Si](C)(CCCOCC1CO1)O[Si](C)(C)C. The lowest BCUT2D eigenvalue weighted by Gasteiger charge is -2.44. The molecule has 0 amide bonds. The Labute approximate surface area is 269 Å². The van der Waals surface area contributed by atoms with Crippen molar-refractivity contribution in [1.29, 1.82) is 0 Å². The highest BCUT2D eigenvalue weighted by molar-refractivity contribution is 6.90. The Morgan fingerprint density at radius 2 is 1.07 bits per heavy atom. The summed E-state index contributed by atoms with van der Waals surface area (Å²) >= 11 is 0. The zero-order valence-corrected chi connectivity index (χ0v) is 34.4. The van der Waals surface area contributed by atoms with E-state index in [0.29, 0.717) is 33.0 Å². The molecule has 1 saturated heterocycles. The number of hydrogen-bond acceptors (Lipinski definition) is 8. The van der Waals surface area contributed by atoms with Gasteiger partial charge in [0.2, 0.25) is 0 Å². The lowest BCUT2D eigenvalue weighted by molar-refractivity contribution is 0.0460. The van der Waals surface area contributed by atoms with Gasteiger partial charge in [-0.25, -0.2) is 0 Å². The van der Waals surface area contributed by atoms with Crippen LogP contribution in [0.4, 0.5) is 0 Å². The summed E-state index contributed by atoms with van der Waals surface area (Å²) < 4.78 is 50.4. The van der Waals surface area contributed by atoms with Crippen LogP contribution in [0.25, 0.3) is 0 Å². The Morgan fingerprint density at radius 1 is 0.581 bits per heavy atom. The van der Waals surface area contributed by atoms with E-state index in [2.05, 4.69) is 65.5 Å². The third-order valence-corrected chi connectivity index (χ3v) is 24.8. The summed E-state index contributed by atoms with van der Waals surface area (Å²) in [5, 5.41) is 0. The van der Waals surface area contributed by atoms with Crippen molar-refractivity contribution in [2.45, 2.75) is 135 Å². The number of rotatable bonds is 29. The summed E-state index contributed by atoms with van der Waals surface area (Å²) in [5.41, 5.74) is 0. The van der Waals surface area contributed by atoms with Crippen LogP contribution in [-0.4, -0.2) is 106 Å². The van der Waals surface area contributed by atoms with Gasteiger partial charge in [-0.3, -0.25) is 4.79 Å². The predicted molar refractivity (Wildman–Crippen MR) is 188 cm³/mol. The molecule has 3 unspecified atom stereocenters. The fraction of sp³-hybridized carbons (Fsp3) is 0.966. The minimum absolute atomic E-state index is 0.284. The van der Waals surface area contributed by atoms with Crippen LogP contribution in [0, 0.1) is 0 Å². The third-order valence-electron chi connectivity index (χ3n) is 6.51. The molecule has 0 aromatic rings. The first-order valence-electron chi connectivity index (χ1n) is 16.6. The summed E-state index contributed by atoms with van der Waals surface area (Å²) in [4.78, 5) is 8.73. The van der Waals surface area contributed by atoms with E-state index in [1.165, 1.54) is 19.1 Å². The fourth-order valence-electron chi connectivity index (χ4n) is 5.29. The minimum atomic E-state index is -2.67. The maximum atomic E-state index is 8.73. The van der Waals surface area contributed by atoms with E-state index in [1.54, 1.807) is 0 Å². The summed E-state index contributed by atoms with van der Waals surface area (Å²) in [5.74, 6) is 0. The molecule has 1 fully saturated rings. The van der Waals surface area contributed by atoms with Crippen LogP contribution < -0.4 is 0 Å². The second-order valence-electron chi connectivity index (χ2n) is 14.5. The molecule has 256 valence electrons. The van der Waals surface area contributed by atoms with E-state index in [4.69, 9.17) is 40.2 Å². The van der Waals surface area contributed by atoms with E-state index in [1.807, 2.05) is 0 Å². The number of ether oxygens (including phenoxy) is 4. The molecule has 1 heterocycles. The highest BCUT2D eigenvalue weighted by Crippen LogP contribution is 2.32. The van der Waals surface area contributed by atoms with E-state index >= 15 is 0 Å². The quantitative estimate of drug-likeness (QED) is 0.0264. The molecule has 0 bridgehead atoms. The molecule has 0 aromatic heterocycles. The molecule has 0 aliphatic carbocycles. The lowest BCUT2D eigenvalue weighted by Crippen LogP contribution is -2.60. The molecular weight excluding hydrogens is 633 g/mol. The van der Waals surface area contributed by atoms with Crippen LogP contribution in [-0.2, 0) is 35.4 Å². The van der Waals surface area contributed by atoms with Crippen molar-refractivity contribution in [2.75, 3.05) is 46.2 Å². The molecule has 43 heavy (non-hydrogen) atoms. The van der Waals surface area contributed by atoms with E-state index in [9.17, 15) is 0 Å². The van der Waals surface area contributed by atoms with Gasteiger partial charge >= 0.3 is 25.7 Å². The van der Waals surface area contributed by atoms with Crippen molar-refractivity contribution in [3.63, 3.8) is 0 Å². The Bertz CT molecular complexity index is 747. The highest BCUT2D eigenvalue weighted by atomic mass is 28.5. The van der Waals surface area contributed by atoms with Gasteiger partial charge in [-0.15, -0.1) is 0 Å². The van der Waals surface area contributed by atoms with Gasteiger partial charge in [0.1, 0.15) is 6.10 Å². The summed E-state index contributed by atoms with van der Waals surface area (Å²) in [6.07, 6.45) is 9.76. The molecule has 1 N–H and O–H groups in total. The lowest BCUT2D eigenvalue weighted by atomic mass is 10.1. The third kappa shape index (κ3) is 24.3. The molecule has 3 atom stereocenters. The van der Waals surface area contributed by atoms with Gasteiger partial charge in [-0.2, -0.15) is 0 Å². The maximum absolute atomic E-state index is 8.73. The van der Waals surface area contributed by atoms with Crippen molar-refractivity contribution >= 4 is 48.6 Å². The van der Waals surface area contributed by atoms with Gasteiger partial charge in [0, 0.05) is 19.8 Å². The smallest absolute Gasteiger partial charge is 0.317 e. The van der Waals surface area contributed by atoms with Crippen LogP contribution in [0.5, 0.6) is 0 Å². The van der Waals surface area contributed by atoms with Gasteiger partial charge in [0.05, 0.1) is 32.8 Å². The van der Waals surface area contributed by atoms with Crippen molar-refractivity contribution in [3.05, 3.63) is 0 Å². The summed E-state index contributed by atoms with van der Waals surface area (Å²) in [6.45, 7) is 27.0. The summed E-state index contributed by atoms with van der Waals surface area (Å²) in [7, 11) is -11.3. The number of hydrogen-bond donors (Lipinski definition) is 0. The van der Waals surface area contributed by atoms with Crippen molar-refractivity contribution in [2.24, 2.45) is 0 Å². The first kappa shape index (κ1) is 41.5. The van der Waals surface area contributed by atoms with Gasteiger partial charge in [-0.05, 0) is 103 Å². The molecule has 0 spiro atoms. The topological polar surface area (TPSA) is 98.5 Å². The standard InChI is InChI=1S/C29H66O9Si5/c1-39(2,3)35-41(7,8)37-43(10,26-17-21-32-24-23-31-20-16-14-12-11-13-15-19-30)38-42(9,36-40(4,5)6)25-18-22-33-27-29-28-34-29/h19,29H,11-18,20-28H2,1-10H3/p+1. The maximum Gasteiger partial charge on any atom is 0.317 e. The molecule has 14 heteroatoms. The number of aldehydes is 1. The van der Waals surface area contributed by atoms with Gasteiger partial charge < -0.3 is 35.4 Å². The van der Waals surface area contributed by atoms with E-state index in [0.717, 1.165) is 63.8 Å². The Balaban J connectivity index is 2.64. The van der Waals surface area contributed by atoms with Crippen LogP contribution in [0.2, 0.25) is 77.6 Å². The average molecular weight is 700 g/mol. The molecule has 1 rings (SSSR count). The van der Waals surface area contributed by atoms with Gasteiger partial charge in [-0.1, -0.05) is 19.3 Å². The molecular formula is C29H67O9Si5+. The van der Waals surface area contributed by atoms with Crippen molar-refractivity contribution in [3.8, 4) is 0 Å². The second kappa shape index (κ2) is 20.6. The zero-order chi connectivity index (χ0) is 32.5. The second-order valence-corrected chi connectivity index (χ2v) is 34.6. The fourth-order valence-corrected chi connectivity index (χ4v) is 29.0. The Morgan fingerprint density at radius 3 is 1.60 bits per heavy atom. The van der Waals surface area contributed by atoms with E-state index in [-0.39, 0.29) is 6.10 Å². The zero-order valence-electron chi connectivity index (χ0n) is 29.4. The molecule has 9 nitrogen and oxygen atoms in total. The molecule has 1 aliphatic heterocycles. The van der Waals surface area contributed by atoms with Crippen molar-refractivity contribution < 1.29 is 40.2 Å². The predicted octanol–water partition coefficient (Wildman–Crippen LogP) is 7.31. The first-order chi connectivity index (χ1) is 20.0. The molecule has 0 radical (unpaired) electrons. The minimum Gasteiger partial charge on any atom is -0.437 e. The Kier molecular flexibility index (Phi) is 19.9. The molecule has 0 saturated carbocycles. The van der Waals surface area contributed by atoms with E-state index < -0.39 is 42.3 Å². The normalized spacial score (nSPS) is 18.8. The first-order valence-corrected chi connectivity index (χ1v) is 31.3. The largest absolute Gasteiger partial charge is 0.437 e. The average Bonchev–Trinajstić information content (AvgIpc) is 3.65. The van der Waals surface area contributed by atoms with Crippen LogP contribution in [0.1, 0.15) is 51.4 Å². The Hall–Kier alpha value is 0.434. The van der Waals surface area contributed by atoms with Crippen LogP contribution in [0.3, 0.4) is 0 Å². The highest BCUT2D eigenvalue weighted by Gasteiger charge is 2.48. The monoisotopic (exact) mass is 699 g/mol. The van der Waals surface area contributed by atoms with Crippen LogP contribution in [0.15, 0.2) is 0 Å². The molecule has 1 aliphatic rings. The number of carbonyl (C=O) groups excluding carboxylic acids is 1. The van der Waals surface area contributed by atoms with Gasteiger partial charge in [0.25, 0.3) is 6.29 Å². The number of epoxide rings is 1. The summed E-state index contributed by atoms with van der Waals surface area (Å²) in [6, 6.07) is 1.71. The van der Waals surface area contributed by atoms with Crippen molar-refractivity contribution in [1.82, 2.24) is 0 Å². The molecule has 0 aromatic carbocycles. The van der Waals surface area contributed by atoms with Gasteiger partial charge in [0.15, 0.2) is 16.6 Å².